The Bertz CT molecular complexity index is 823. The number of hydrogen-bond donors (Lipinski definition) is 1. The quantitative estimate of drug-likeness (QED) is 0.913. The van der Waals surface area contributed by atoms with Crippen molar-refractivity contribution in [2.75, 3.05) is 6.54 Å². The van der Waals surface area contributed by atoms with Gasteiger partial charge in [0.05, 0.1) is 16.4 Å². The minimum absolute atomic E-state index is 0.0687. The fourth-order valence-electron chi connectivity index (χ4n) is 2.79. The summed E-state index contributed by atoms with van der Waals surface area (Å²) in [5.41, 5.74) is 0.962. The molecule has 1 atom stereocenters. The van der Waals surface area contributed by atoms with Crippen LogP contribution in [0.2, 0.25) is 5.02 Å². The molecule has 1 aliphatic heterocycles. The largest absolute Gasteiger partial charge is 0.480 e. The summed E-state index contributed by atoms with van der Waals surface area (Å²) in [5.74, 6) is -2.07. The highest BCUT2D eigenvalue weighted by Gasteiger charge is 2.36. The highest BCUT2D eigenvalue weighted by Crippen LogP contribution is 2.23. The van der Waals surface area contributed by atoms with Gasteiger partial charge < -0.3 is 10.0 Å². The van der Waals surface area contributed by atoms with Crippen LogP contribution < -0.4 is 0 Å². The zero-order valence-corrected chi connectivity index (χ0v) is 13.5. The Kier molecular flexibility index (Phi) is 4.23. The molecule has 0 unspecified atom stereocenters. The summed E-state index contributed by atoms with van der Waals surface area (Å²) in [7, 11) is 0. The van der Waals surface area contributed by atoms with E-state index in [1.807, 2.05) is 0 Å². The summed E-state index contributed by atoms with van der Waals surface area (Å²) in [6, 6.07) is 3.19. The molecule has 9 heteroatoms. The number of rotatable bonds is 3. The number of carboxylic acids is 1. The molecule has 2 heterocycles. The van der Waals surface area contributed by atoms with Gasteiger partial charge >= 0.3 is 5.97 Å². The number of aliphatic carboxylic acids is 1. The molecule has 1 aliphatic rings. The van der Waals surface area contributed by atoms with Gasteiger partial charge in [0.25, 0.3) is 5.91 Å². The number of halogens is 2. The predicted molar refractivity (Wildman–Crippen MR) is 82.8 cm³/mol. The van der Waals surface area contributed by atoms with Crippen molar-refractivity contribution in [2.45, 2.75) is 25.8 Å². The van der Waals surface area contributed by atoms with E-state index in [2.05, 4.69) is 10.3 Å². The van der Waals surface area contributed by atoms with Gasteiger partial charge in [0.1, 0.15) is 11.9 Å². The van der Waals surface area contributed by atoms with Gasteiger partial charge in [0.2, 0.25) is 0 Å². The molecule has 1 aromatic heterocycles. The van der Waals surface area contributed by atoms with Crippen LogP contribution >= 0.6 is 11.6 Å². The Morgan fingerprint density at radius 2 is 2.17 bits per heavy atom. The number of carbonyl (C=O) groups excluding carboxylic acids is 1. The third-order valence-electron chi connectivity index (χ3n) is 4.04. The summed E-state index contributed by atoms with van der Waals surface area (Å²) in [4.78, 5) is 25.1. The number of nitrogens with zero attached hydrogens (tertiary/aromatic N) is 4. The molecule has 1 amide bonds. The SMILES string of the molecule is Cc1c(C(=O)N2CCC[C@@H]2C(=O)O)nnn1-c1ccc(F)c(Cl)c1. The first-order valence-corrected chi connectivity index (χ1v) is 7.69. The zero-order valence-electron chi connectivity index (χ0n) is 12.7. The van der Waals surface area contributed by atoms with Crippen LogP contribution in [-0.2, 0) is 4.79 Å². The van der Waals surface area contributed by atoms with Crippen molar-refractivity contribution in [2.24, 2.45) is 0 Å². The van der Waals surface area contributed by atoms with Gasteiger partial charge in [0.15, 0.2) is 5.69 Å². The average Bonchev–Trinajstić information content (AvgIpc) is 3.16. The lowest BCUT2D eigenvalue weighted by Crippen LogP contribution is -2.40. The lowest BCUT2D eigenvalue weighted by atomic mass is 10.2. The third kappa shape index (κ3) is 2.73. The minimum Gasteiger partial charge on any atom is -0.480 e. The molecule has 1 fully saturated rings. The van der Waals surface area contributed by atoms with E-state index < -0.39 is 23.7 Å². The summed E-state index contributed by atoms with van der Waals surface area (Å²) >= 11 is 5.77. The van der Waals surface area contributed by atoms with E-state index in [-0.39, 0.29) is 10.7 Å². The molecular weight excluding hydrogens is 339 g/mol. The van der Waals surface area contributed by atoms with Crippen LogP contribution in [0, 0.1) is 12.7 Å². The normalized spacial score (nSPS) is 17.3. The number of aromatic nitrogens is 3. The molecule has 1 saturated heterocycles. The van der Waals surface area contributed by atoms with Gasteiger partial charge in [-0.2, -0.15) is 0 Å². The van der Waals surface area contributed by atoms with Crippen molar-refractivity contribution < 1.29 is 19.1 Å². The Morgan fingerprint density at radius 1 is 1.42 bits per heavy atom. The van der Waals surface area contributed by atoms with Crippen LogP contribution in [-0.4, -0.2) is 49.5 Å². The molecule has 0 saturated carbocycles. The van der Waals surface area contributed by atoms with Crippen molar-refractivity contribution in [3.05, 3.63) is 40.4 Å². The van der Waals surface area contributed by atoms with Crippen LogP contribution in [0.4, 0.5) is 4.39 Å². The molecule has 0 bridgehead atoms. The second kappa shape index (κ2) is 6.20. The van der Waals surface area contributed by atoms with E-state index in [1.165, 1.54) is 27.8 Å². The van der Waals surface area contributed by atoms with Crippen LogP contribution in [0.5, 0.6) is 0 Å². The van der Waals surface area contributed by atoms with Crippen molar-refractivity contribution in [3.8, 4) is 5.69 Å². The average molecular weight is 353 g/mol. The zero-order chi connectivity index (χ0) is 17.4. The third-order valence-corrected chi connectivity index (χ3v) is 4.33. The molecule has 0 spiro atoms. The number of hydrogen-bond acceptors (Lipinski definition) is 4. The van der Waals surface area contributed by atoms with E-state index in [1.54, 1.807) is 6.92 Å². The number of likely N-dealkylation sites (tertiary alicyclic amines) is 1. The fraction of sp³-hybridized carbons (Fsp3) is 0.333. The number of carbonyl (C=O) groups is 2. The summed E-state index contributed by atoms with van der Waals surface area (Å²) in [6.45, 7) is 2.00. The first kappa shape index (κ1) is 16.4. The second-order valence-electron chi connectivity index (χ2n) is 5.53. The first-order valence-electron chi connectivity index (χ1n) is 7.31. The highest BCUT2D eigenvalue weighted by atomic mass is 35.5. The van der Waals surface area contributed by atoms with Gasteiger partial charge in [0, 0.05) is 6.54 Å². The maximum atomic E-state index is 13.3. The van der Waals surface area contributed by atoms with Gasteiger partial charge in [-0.15, -0.1) is 5.10 Å². The van der Waals surface area contributed by atoms with Gasteiger partial charge in [-0.3, -0.25) is 4.79 Å². The number of amides is 1. The van der Waals surface area contributed by atoms with Crippen molar-refractivity contribution in [3.63, 3.8) is 0 Å². The lowest BCUT2D eigenvalue weighted by Gasteiger charge is -2.20. The Morgan fingerprint density at radius 3 is 2.83 bits per heavy atom. The van der Waals surface area contributed by atoms with Crippen LogP contribution in [0.25, 0.3) is 5.69 Å². The standard InChI is InChI=1S/C15H14ClFN4O3/c1-8-13(14(22)20-6-2-3-12(20)15(23)24)18-19-21(8)9-4-5-11(17)10(16)7-9/h4-5,7,12H,2-3,6H2,1H3,(H,23,24)/t12-/m1/s1. The van der Waals surface area contributed by atoms with E-state index in [0.29, 0.717) is 30.8 Å². The fourth-order valence-corrected chi connectivity index (χ4v) is 2.97. The molecule has 2 aromatic rings. The topological polar surface area (TPSA) is 88.3 Å². The number of benzene rings is 1. The molecule has 1 aromatic carbocycles. The summed E-state index contributed by atoms with van der Waals surface area (Å²) in [6.07, 6.45) is 1.05. The maximum absolute atomic E-state index is 13.3. The highest BCUT2D eigenvalue weighted by molar-refractivity contribution is 6.30. The monoisotopic (exact) mass is 352 g/mol. The summed E-state index contributed by atoms with van der Waals surface area (Å²) < 4.78 is 14.6. The van der Waals surface area contributed by atoms with Crippen LogP contribution in [0.15, 0.2) is 18.2 Å². The lowest BCUT2D eigenvalue weighted by molar-refractivity contribution is -0.141. The van der Waals surface area contributed by atoms with Crippen molar-refractivity contribution in [1.82, 2.24) is 19.9 Å². The molecule has 24 heavy (non-hydrogen) atoms. The van der Waals surface area contributed by atoms with E-state index in [0.717, 1.165) is 0 Å². The first-order chi connectivity index (χ1) is 11.4. The predicted octanol–water partition coefficient (Wildman–Crippen LogP) is 2.06. The summed E-state index contributed by atoms with van der Waals surface area (Å²) in [5, 5.41) is 16.9. The van der Waals surface area contributed by atoms with E-state index in [4.69, 9.17) is 11.6 Å². The Labute approximate surface area is 141 Å². The molecule has 1 N–H and O–H groups in total. The van der Waals surface area contributed by atoms with Gasteiger partial charge in [-0.25, -0.2) is 13.9 Å². The van der Waals surface area contributed by atoms with E-state index in [9.17, 15) is 19.1 Å². The second-order valence-corrected chi connectivity index (χ2v) is 5.94. The van der Waals surface area contributed by atoms with Gasteiger partial charge in [-0.1, -0.05) is 16.8 Å². The molecule has 0 radical (unpaired) electrons. The Balaban J connectivity index is 1.93. The number of carboxylic acid groups (broad SMARTS) is 1. The molecule has 0 aliphatic carbocycles. The molecular formula is C15H14ClFN4O3. The van der Waals surface area contributed by atoms with Crippen molar-refractivity contribution in [1.29, 1.82) is 0 Å². The molecule has 7 nitrogen and oxygen atoms in total. The molecule has 126 valence electrons. The van der Waals surface area contributed by atoms with E-state index >= 15 is 0 Å². The molecule has 3 rings (SSSR count). The van der Waals surface area contributed by atoms with Crippen LogP contribution in [0.3, 0.4) is 0 Å². The maximum Gasteiger partial charge on any atom is 0.326 e. The smallest absolute Gasteiger partial charge is 0.326 e. The Hall–Kier alpha value is -2.48. The van der Waals surface area contributed by atoms with Crippen LogP contribution in [0.1, 0.15) is 29.0 Å². The minimum atomic E-state index is -1.03. The van der Waals surface area contributed by atoms with Gasteiger partial charge in [-0.05, 0) is 38.0 Å². The van der Waals surface area contributed by atoms with Crippen molar-refractivity contribution >= 4 is 23.5 Å².